The van der Waals surface area contributed by atoms with Gasteiger partial charge in [-0.25, -0.2) is 9.98 Å². The second kappa shape index (κ2) is 5.22. The smallest absolute Gasteiger partial charge is 0.402 e. The molecule has 0 bridgehead atoms. The molecule has 132 valence electrons. The van der Waals surface area contributed by atoms with E-state index in [0.29, 0.717) is 17.9 Å². The van der Waals surface area contributed by atoms with Crippen LogP contribution in [0.4, 0.5) is 18.9 Å². The molecule has 1 N–H and O–H groups in total. The summed E-state index contributed by atoms with van der Waals surface area (Å²) < 4.78 is 48.3. The van der Waals surface area contributed by atoms with Gasteiger partial charge in [0.1, 0.15) is 5.41 Å². The van der Waals surface area contributed by atoms with Crippen LogP contribution in [0.2, 0.25) is 5.02 Å². The zero-order valence-electron chi connectivity index (χ0n) is 13.0. The summed E-state index contributed by atoms with van der Waals surface area (Å²) in [6.07, 6.45) is -2.69. The van der Waals surface area contributed by atoms with Crippen LogP contribution in [0, 0.1) is 5.92 Å². The molecule has 1 aliphatic carbocycles. The van der Waals surface area contributed by atoms with Gasteiger partial charge in [-0.3, -0.25) is 5.21 Å². The van der Waals surface area contributed by atoms with E-state index in [0.717, 1.165) is 6.20 Å². The van der Waals surface area contributed by atoms with Crippen molar-refractivity contribution in [2.75, 3.05) is 7.11 Å². The van der Waals surface area contributed by atoms with Gasteiger partial charge in [0.2, 0.25) is 0 Å². The van der Waals surface area contributed by atoms with Crippen molar-refractivity contribution in [1.29, 1.82) is 0 Å². The minimum Gasteiger partial charge on any atom is -0.466 e. The Kier molecular flexibility index (Phi) is 3.42. The fourth-order valence-electron chi connectivity index (χ4n) is 3.64. The number of methoxy groups -OCH3 is 1. The molecule has 0 aromatic heterocycles. The van der Waals surface area contributed by atoms with E-state index in [1.165, 1.54) is 25.3 Å². The molecule has 1 fully saturated rings. The number of rotatable bonds is 1. The molecule has 2 aliphatic heterocycles. The molecule has 2 heterocycles. The number of nitrogens with zero attached hydrogens (tertiary/aromatic N) is 3. The van der Waals surface area contributed by atoms with Crippen LogP contribution in [0.3, 0.4) is 0 Å². The van der Waals surface area contributed by atoms with E-state index >= 15 is 0 Å². The lowest BCUT2D eigenvalue weighted by molar-refractivity contribution is -0.184. The number of hydrogen-bond donors (Lipinski definition) is 1. The number of benzene rings is 1. The van der Waals surface area contributed by atoms with E-state index in [2.05, 4.69) is 9.98 Å². The van der Waals surface area contributed by atoms with Gasteiger partial charge in [0.05, 0.1) is 12.8 Å². The summed E-state index contributed by atoms with van der Waals surface area (Å²) in [5.74, 6) is -0.889. The van der Waals surface area contributed by atoms with Crippen LogP contribution in [-0.4, -0.2) is 35.4 Å². The first-order valence-electron chi connectivity index (χ1n) is 7.58. The summed E-state index contributed by atoms with van der Waals surface area (Å²) in [4.78, 5) is 8.03. The predicted molar refractivity (Wildman–Crippen MR) is 85.2 cm³/mol. The van der Waals surface area contributed by atoms with Crippen LogP contribution in [0.1, 0.15) is 18.4 Å². The minimum absolute atomic E-state index is 0.00512. The number of ether oxygens (including phenoxy) is 1. The van der Waals surface area contributed by atoms with Crippen molar-refractivity contribution in [2.45, 2.75) is 24.4 Å². The Labute approximate surface area is 146 Å². The van der Waals surface area contributed by atoms with Crippen molar-refractivity contribution >= 4 is 29.1 Å². The predicted octanol–water partition coefficient (Wildman–Crippen LogP) is 4.18. The Balaban J connectivity index is 2.07. The van der Waals surface area contributed by atoms with Crippen LogP contribution in [0.5, 0.6) is 0 Å². The molecular formula is C16H13ClF3N3O2. The van der Waals surface area contributed by atoms with Gasteiger partial charge in [0.15, 0.2) is 5.84 Å². The van der Waals surface area contributed by atoms with Crippen LogP contribution in [-0.2, 0) is 10.2 Å². The van der Waals surface area contributed by atoms with E-state index in [-0.39, 0.29) is 33.7 Å². The molecule has 0 spiro atoms. The molecular weight excluding hydrogens is 359 g/mol. The van der Waals surface area contributed by atoms with Gasteiger partial charge >= 0.3 is 12.2 Å². The van der Waals surface area contributed by atoms with Crippen molar-refractivity contribution in [3.05, 3.63) is 40.6 Å². The lowest BCUT2D eigenvalue weighted by Gasteiger charge is -2.43. The molecule has 1 aromatic carbocycles. The molecule has 5 nitrogen and oxygen atoms in total. The second-order valence-corrected chi connectivity index (χ2v) is 6.58. The Morgan fingerprint density at radius 1 is 1.36 bits per heavy atom. The van der Waals surface area contributed by atoms with Crippen molar-refractivity contribution in [3.63, 3.8) is 0 Å². The van der Waals surface area contributed by atoms with Crippen molar-refractivity contribution in [2.24, 2.45) is 15.9 Å². The third-order valence-corrected chi connectivity index (χ3v) is 5.02. The van der Waals surface area contributed by atoms with Gasteiger partial charge in [0.25, 0.3) is 0 Å². The van der Waals surface area contributed by atoms with Crippen LogP contribution >= 0.6 is 11.6 Å². The molecule has 1 aromatic rings. The van der Waals surface area contributed by atoms with Gasteiger partial charge in [0, 0.05) is 16.8 Å². The standard InChI is InChI=1S/C16H13ClF3N3O2/c1-25-14-21-7-11-13(23(14)24)22-12-5-4-9(17)6-10(12)15(11,8-2-3-8)16(18,19)20/h4-8,24H,2-3H2,1H3. The van der Waals surface area contributed by atoms with E-state index in [4.69, 9.17) is 16.3 Å². The topological polar surface area (TPSA) is 57.4 Å². The Bertz CT molecular complexity index is 846. The quantitative estimate of drug-likeness (QED) is 0.805. The van der Waals surface area contributed by atoms with Gasteiger partial charge in [-0.15, -0.1) is 0 Å². The number of amidine groups is 2. The average Bonchev–Trinajstić information content (AvgIpc) is 3.37. The molecule has 4 rings (SSSR count). The van der Waals surface area contributed by atoms with Crippen molar-refractivity contribution < 1.29 is 23.1 Å². The third kappa shape index (κ3) is 2.13. The Hall–Kier alpha value is -2.06. The van der Waals surface area contributed by atoms with Crippen molar-refractivity contribution in [1.82, 2.24) is 5.06 Å². The number of aliphatic imine (C=N–C) groups is 2. The van der Waals surface area contributed by atoms with E-state index in [1.54, 1.807) is 0 Å². The van der Waals surface area contributed by atoms with Gasteiger partial charge in [-0.1, -0.05) is 11.6 Å². The van der Waals surface area contributed by atoms with Gasteiger partial charge in [-0.2, -0.15) is 18.2 Å². The highest BCUT2D eigenvalue weighted by Gasteiger charge is 2.68. The molecule has 1 unspecified atom stereocenters. The van der Waals surface area contributed by atoms with Gasteiger partial charge in [-0.05, 0) is 42.5 Å². The largest absolute Gasteiger partial charge is 0.466 e. The Morgan fingerprint density at radius 3 is 2.68 bits per heavy atom. The summed E-state index contributed by atoms with van der Waals surface area (Å²) in [5, 5.41) is 10.9. The number of hydrogen-bond acceptors (Lipinski definition) is 5. The number of hydroxylamine groups is 2. The Morgan fingerprint density at radius 2 is 2.08 bits per heavy atom. The van der Waals surface area contributed by atoms with Crippen LogP contribution < -0.4 is 0 Å². The highest BCUT2D eigenvalue weighted by Crippen LogP contribution is 2.63. The maximum Gasteiger partial charge on any atom is 0.402 e. The maximum absolute atomic E-state index is 14.5. The highest BCUT2D eigenvalue weighted by atomic mass is 35.5. The molecule has 0 amide bonds. The monoisotopic (exact) mass is 371 g/mol. The first-order chi connectivity index (χ1) is 11.8. The van der Waals surface area contributed by atoms with E-state index in [9.17, 15) is 18.4 Å². The first kappa shape index (κ1) is 16.4. The highest BCUT2D eigenvalue weighted by molar-refractivity contribution is 6.30. The molecule has 3 aliphatic rings. The average molecular weight is 372 g/mol. The molecule has 0 saturated heterocycles. The molecule has 9 heteroatoms. The molecule has 1 saturated carbocycles. The fourth-order valence-corrected chi connectivity index (χ4v) is 3.81. The second-order valence-electron chi connectivity index (χ2n) is 6.15. The summed E-state index contributed by atoms with van der Waals surface area (Å²) in [6.45, 7) is 0. The summed E-state index contributed by atoms with van der Waals surface area (Å²) in [6, 6.07) is 3.97. The number of alkyl halides is 3. The normalized spacial score (nSPS) is 25.5. The lowest BCUT2D eigenvalue weighted by Crippen LogP contribution is -2.54. The number of fused-ring (bicyclic) bond motifs is 2. The van der Waals surface area contributed by atoms with Crippen LogP contribution in [0.25, 0.3) is 0 Å². The molecule has 1 atom stereocenters. The van der Waals surface area contributed by atoms with E-state index in [1.807, 2.05) is 0 Å². The molecule has 0 radical (unpaired) electrons. The first-order valence-corrected chi connectivity index (χ1v) is 7.95. The zero-order valence-corrected chi connectivity index (χ0v) is 13.8. The minimum atomic E-state index is -4.61. The van der Waals surface area contributed by atoms with Crippen LogP contribution in [0.15, 0.2) is 40.0 Å². The summed E-state index contributed by atoms with van der Waals surface area (Å²) in [5.41, 5.74) is -2.39. The maximum atomic E-state index is 14.5. The van der Waals surface area contributed by atoms with Gasteiger partial charge < -0.3 is 4.74 Å². The molecule has 25 heavy (non-hydrogen) atoms. The van der Waals surface area contributed by atoms with Crippen molar-refractivity contribution in [3.8, 4) is 0 Å². The number of halogens is 4. The summed E-state index contributed by atoms with van der Waals surface area (Å²) in [7, 11) is 1.26. The zero-order chi connectivity index (χ0) is 18.0. The SMILES string of the molecule is COC1=NC=C2C(=Nc3ccc(Cl)cc3C2(C2CC2)C(F)(F)F)N1O. The third-order valence-electron chi connectivity index (χ3n) is 4.78. The summed E-state index contributed by atoms with van der Waals surface area (Å²) >= 11 is 5.99. The van der Waals surface area contributed by atoms with E-state index < -0.39 is 17.5 Å². The fraction of sp³-hybridized carbons (Fsp3) is 0.375. The lowest BCUT2D eigenvalue weighted by atomic mass is 9.67.